The number of thioether (sulfide) groups is 1. The molecule has 10 heteroatoms. The summed E-state index contributed by atoms with van der Waals surface area (Å²) in [6.45, 7) is 2.13. The molecule has 0 spiro atoms. The number of para-hydroxylation sites is 1. The molecule has 200 valence electrons. The fraction of sp³-hybridized carbons (Fsp3) is 0.172. The lowest BCUT2D eigenvalue weighted by Crippen LogP contribution is -2.28. The molecule has 0 aliphatic carbocycles. The minimum Gasteiger partial charge on any atom is -0.493 e. The van der Waals surface area contributed by atoms with Gasteiger partial charge in [-0.1, -0.05) is 24.3 Å². The molecule has 0 bridgehead atoms. The average Bonchev–Trinajstić information content (AvgIpc) is 3.25. The monoisotopic (exact) mass is 545 g/mol. The van der Waals surface area contributed by atoms with Gasteiger partial charge in [0.15, 0.2) is 23.3 Å². The maximum absolute atomic E-state index is 13.1. The summed E-state index contributed by atoms with van der Waals surface area (Å²) in [5.74, 6) is -0.0548. The maximum Gasteiger partial charge on any atom is 0.337 e. The van der Waals surface area contributed by atoms with Crippen LogP contribution < -0.4 is 14.8 Å². The first-order valence-electron chi connectivity index (χ1n) is 12.1. The highest BCUT2D eigenvalue weighted by Crippen LogP contribution is 2.36. The summed E-state index contributed by atoms with van der Waals surface area (Å²) in [6.07, 6.45) is 1.76. The summed E-state index contributed by atoms with van der Waals surface area (Å²) in [6, 6.07) is 21.0. The number of aliphatic imine (C=N–C) groups is 1. The number of rotatable bonds is 9. The number of hydrogen-bond donors (Lipinski definition) is 1. The smallest absolute Gasteiger partial charge is 0.337 e. The number of anilines is 1. The molecule has 3 aromatic rings. The standard InChI is InChI=1S/C29H27N3O6S/c1-4-32-27(34)25(39-29(32)31-22-13-11-20(12-14-22)28(35)37-3)17-19-10-15-23(24(16-19)36-2)38-18-26(33)30-21-8-6-5-7-9-21/h5-17H,4,18H2,1-3H3,(H,30,33)/b25-17+,31-29?. The van der Waals surface area contributed by atoms with Gasteiger partial charge in [-0.15, -0.1) is 0 Å². The van der Waals surface area contributed by atoms with Gasteiger partial charge in [-0.25, -0.2) is 9.79 Å². The summed E-state index contributed by atoms with van der Waals surface area (Å²) in [7, 11) is 2.83. The lowest BCUT2D eigenvalue weighted by molar-refractivity contribution is -0.122. The molecule has 4 rings (SSSR count). The Kier molecular flexibility index (Phi) is 9.01. The number of benzene rings is 3. The molecule has 0 saturated carbocycles. The number of amidine groups is 1. The molecule has 1 heterocycles. The number of esters is 1. The Hall–Kier alpha value is -4.57. The fourth-order valence-electron chi connectivity index (χ4n) is 3.68. The van der Waals surface area contributed by atoms with Gasteiger partial charge in [-0.2, -0.15) is 0 Å². The second kappa shape index (κ2) is 12.8. The molecule has 1 aliphatic heterocycles. The normalized spacial score (nSPS) is 14.9. The van der Waals surface area contributed by atoms with Crippen LogP contribution in [0.2, 0.25) is 0 Å². The lowest BCUT2D eigenvalue weighted by atomic mass is 10.2. The van der Waals surface area contributed by atoms with Gasteiger partial charge < -0.3 is 19.5 Å². The minimum absolute atomic E-state index is 0.163. The van der Waals surface area contributed by atoms with Gasteiger partial charge in [0.05, 0.1) is 30.4 Å². The first kappa shape index (κ1) is 27.5. The topological polar surface area (TPSA) is 107 Å². The van der Waals surface area contributed by atoms with Crippen LogP contribution in [0.1, 0.15) is 22.8 Å². The number of carbonyl (C=O) groups excluding carboxylic acids is 3. The van der Waals surface area contributed by atoms with Crippen molar-refractivity contribution in [1.82, 2.24) is 4.90 Å². The minimum atomic E-state index is -0.428. The second-order valence-corrected chi connectivity index (χ2v) is 9.22. The Labute approximate surface area is 230 Å². The third-order valence-electron chi connectivity index (χ3n) is 5.62. The number of hydrogen-bond acceptors (Lipinski definition) is 8. The molecule has 39 heavy (non-hydrogen) atoms. The highest BCUT2D eigenvalue weighted by molar-refractivity contribution is 8.18. The van der Waals surface area contributed by atoms with E-state index in [-0.39, 0.29) is 18.4 Å². The Morgan fingerprint density at radius 1 is 1.00 bits per heavy atom. The van der Waals surface area contributed by atoms with E-state index in [9.17, 15) is 14.4 Å². The van der Waals surface area contributed by atoms with Crippen molar-refractivity contribution in [3.63, 3.8) is 0 Å². The zero-order valence-corrected chi connectivity index (χ0v) is 22.5. The molecule has 0 atom stereocenters. The van der Waals surface area contributed by atoms with Crippen LogP contribution in [0.3, 0.4) is 0 Å². The van der Waals surface area contributed by atoms with Gasteiger partial charge >= 0.3 is 5.97 Å². The van der Waals surface area contributed by atoms with E-state index in [0.29, 0.717) is 45.1 Å². The number of ether oxygens (including phenoxy) is 3. The van der Waals surface area contributed by atoms with Crippen LogP contribution in [0.15, 0.2) is 82.7 Å². The van der Waals surface area contributed by atoms with Crippen molar-refractivity contribution in [2.75, 3.05) is 32.7 Å². The summed E-state index contributed by atoms with van der Waals surface area (Å²) in [5.41, 5.74) is 2.43. The molecule has 0 unspecified atom stereocenters. The molecular weight excluding hydrogens is 518 g/mol. The van der Waals surface area contributed by atoms with Gasteiger partial charge in [0.1, 0.15) is 0 Å². The third-order valence-corrected chi connectivity index (χ3v) is 6.63. The van der Waals surface area contributed by atoms with Gasteiger partial charge in [-0.05, 0) is 78.9 Å². The van der Waals surface area contributed by atoms with Gasteiger partial charge in [-0.3, -0.25) is 14.5 Å². The molecule has 1 fully saturated rings. The van der Waals surface area contributed by atoms with Crippen LogP contribution in [0.5, 0.6) is 11.5 Å². The number of methoxy groups -OCH3 is 2. The van der Waals surface area contributed by atoms with E-state index >= 15 is 0 Å². The van der Waals surface area contributed by atoms with Crippen molar-refractivity contribution < 1.29 is 28.6 Å². The molecule has 0 aromatic heterocycles. The number of nitrogens with zero attached hydrogens (tertiary/aromatic N) is 2. The van der Waals surface area contributed by atoms with E-state index < -0.39 is 5.97 Å². The van der Waals surface area contributed by atoms with E-state index in [1.54, 1.807) is 65.6 Å². The van der Waals surface area contributed by atoms with Crippen LogP contribution in [-0.2, 0) is 14.3 Å². The number of carbonyl (C=O) groups is 3. The molecule has 1 aliphatic rings. The molecule has 2 amide bonds. The van der Waals surface area contributed by atoms with Crippen molar-refractivity contribution in [3.05, 3.63) is 88.8 Å². The van der Waals surface area contributed by atoms with Crippen molar-refractivity contribution in [1.29, 1.82) is 0 Å². The SMILES string of the molecule is CCN1C(=O)/C(=C\c2ccc(OCC(=O)Nc3ccccc3)c(OC)c2)SC1=Nc1ccc(C(=O)OC)cc1. The Bertz CT molecular complexity index is 1420. The maximum atomic E-state index is 13.1. The predicted molar refractivity (Wildman–Crippen MR) is 151 cm³/mol. The zero-order valence-electron chi connectivity index (χ0n) is 21.7. The third kappa shape index (κ3) is 6.85. The van der Waals surface area contributed by atoms with Gasteiger partial charge in [0.2, 0.25) is 0 Å². The number of likely N-dealkylation sites (N-methyl/N-ethyl adjacent to an activating group) is 1. The molecule has 9 nitrogen and oxygen atoms in total. The summed E-state index contributed by atoms with van der Waals surface area (Å²) in [5, 5.41) is 3.30. The highest BCUT2D eigenvalue weighted by Gasteiger charge is 2.32. The van der Waals surface area contributed by atoms with Gasteiger partial charge in [0.25, 0.3) is 11.8 Å². The summed E-state index contributed by atoms with van der Waals surface area (Å²) < 4.78 is 15.9. The fourth-order valence-corrected chi connectivity index (χ4v) is 4.74. The average molecular weight is 546 g/mol. The summed E-state index contributed by atoms with van der Waals surface area (Å²) in [4.78, 5) is 43.7. The Morgan fingerprint density at radius 2 is 1.74 bits per heavy atom. The van der Waals surface area contributed by atoms with Crippen LogP contribution in [-0.4, -0.2) is 55.2 Å². The molecule has 0 radical (unpaired) electrons. The lowest BCUT2D eigenvalue weighted by Gasteiger charge is -2.12. The number of nitrogens with one attached hydrogen (secondary N) is 1. The first-order chi connectivity index (χ1) is 18.9. The van der Waals surface area contributed by atoms with Crippen LogP contribution >= 0.6 is 11.8 Å². The largest absolute Gasteiger partial charge is 0.493 e. The number of amides is 2. The van der Waals surface area contributed by atoms with E-state index in [1.165, 1.54) is 26.0 Å². The van der Waals surface area contributed by atoms with Crippen molar-refractivity contribution in [3.8, 4) is 11.5 Å². The molecular formula is C29H27N3O6S. The zero-order chi connectivity index (χ0) is 27.8. The predicted octanol–water partition coefficient (Wildman–Crippen LogP) is 5.12. The van der Waals surface area contributed by atoms with Crippen molar-refractivity contribution >= 4 is 52.2 Å². The van der Waals surface area contributed by atoms with Crippen molar-refractivity contribution in [2.45, 2.75) is 6.92 Å². The van der Waals surface area contributed by atoms with E-state index in [0.717, 1.165) is 5.56 Å². The molecule has 1 saturated heterocycles. The second-order valence-electron chi connectivity index (χ2n) is 8.21. The Balaban J connectivity index is 1.47. The van der Waals surface area contributed by atoms with E-state index in [1.807, 2.05) is 25.1 Å². The van der Waals surface area contributed by atoms with E-state index in [4.69, 9.17) is 14.2 Å². The van der Waals surface area contributed by atoms with Crippen LogP contribution in [0.4, 0.5) is 11.4 Å². The van der Waals surface area contributed by atoms with Crippen LogP contribution in [0, 0.1) is 0 Å². The van der Waals surface area contributed by atoms with Gasteiger partial charge in [0, 0.05) is 12.2 Å². The van der Waals surface area contributed by atoms with Crippen molar-refractivity contribution in [2.24, 2.45) is 4.99 Å². The quantitative estimate of drug-likeness (QED) is 0.294. The molecule has 1 N–H and O–H groups in total. The highest BCUT2D eigenvalue weighted by atomic mass is 32.2. The van der Waals surface area contributed by atoms with Crippen LogP contribution in [0.25, 0.3) is 6.08 Å². The Morgan fingerprint density at radius 3 is 2.41 bits per heavy atom. The molecule has 3 aromatic carbocycles. The summed E-state index contributed by atoms with van der Waals surface area (Å²) >= 11 is 1.26. The first-order valence-corrected chi connectivity index (χ1v) is 12.9. The van der Waals surface area contributed by atoms with E-state index in [2.05, 4.69) is 10.3 Å².